The standard InChI is InChI=1S/C28H40N2O4/c1-2-3-4-5-6-7-8-19-15-27(33)30(28(19)34)16-18-11-22-20-13-21(23(14-20)24(22)12-18)17-29-25(31)9-10-26(29)32/h9-10,18-24H,2-8,11-17H2,1H3. The Morgan fingerprint density at radius 3 is 2.24 bits per heavy atom. The number of rotatable bonds is 11. The summed E-state index contributed by atoms with van der Waals surface area (Å²) in [7, 11) is 0. The minimum Gasteiger partial charge on any atom is -0.282 e. The molecule has 0 aromatic heterocycles. The van der Waals surface area contributed by atoms with Crippen molar-refractivity contribution in [3.8, 4) is 0 Å². The molecule has 5 aliphatic rings. The zero-order chi connectivity index (χ0) is 23.8. The van der Waals surface area contributed by atoms with E-state index < -0.39 is 0 Å². The predicted molar refractivity (Wildman–Crippen MR) is 128 cm³/mol. The number of imide groups is 2. The maximum absolute atomic E-state index is 13.0. The van der Waals surface area contributed by atoms with Crippen LogP contribution in [-0.4, -0.2) is 46.5 Å². The van der Waals surface area contributed by atoms with Crippen LogP contribution in [0, 0.1) is 41.4 Å². The molecule has 2 aliphatic heterocycles. The van der Waals surface area contributed by atoms with Crippen LogP contribution in [0.5, 0.6) is 0 Å². The molecule has 3 saturated carbocycles. The largest absolute Gasteiger partial charge is 0.282 e. The van der Waals surface area contributed by atoms with Gasteiger partial charge in [0.1, 0.15) is 0 Å². The Kier molecular flexibility index (Phi) is 6.95. The van der Waals surface area contributed by atoms with Crippen LogP contribution in [0.4, 0.5) is 0 Å². The lowest BCUT2D eigenvalue weighted by Gasteiger charge is -2.33. The van der Waals surface area contributed by atoms with Crippen LogP contribution in [0.1, 0.15) is 84.0 Å². The average Bonchev–Trinajstić information content (AvgIpc) is 3.60. The second-order valence-electron chi connectivity index (χ2n) is 11.7. The molecule has 4 amide bonds. The minimum atomic E-state index is -0.171. The molecular formula is C28H40N2O4. The molecule has 2 bridgehead atoms. The fraction of sp³-hybridized carbons (Fsp3) is 0.786. The van der Waals surface area contributed by atoms with E-state index in [-0.39, 0.29) is 29.5 Å². The van der Waals surface area contributed by atoms with E-state index in [2.05, 4.69) is 6.92 Å². The molecule has 34 heavy (non-hydrogen) atoms. The van der Waals surface area contributed by atoms with Crippen LogP contribution in [0.2, 0.25) is 0 Å². The minimum absolute atomic E-state index is 0.0393. The highest BCUT2D eigenvalue weighted by Gasteiger charge is 2.56. The number of carbonyl (C=O) groups is 4. The van der Waals surface area contributed by atoms with Gasteiger partial charge in [-0.3, -0.25) is 29.0 Å². The van der Waals surface area contributed by atoms with Gasteiger partial charge in [0.05, 0.1) is 0 Å². The van der Waals surface area contributed by atoms with Gasteiger partial charge in [0.25, 0.3) is 11.8 Å². The average molecular weight is 469 g/mol. The number of nitrogens with zero attached hydrogens (tertiary/aromatic N) is 2. The second kappa shape index (κ2) is 9.94. The summed E-state index contributed by atoms with van der Waals surface area (Å²) < 4.78 is 0. The highest BCUT2D eigenvalue weighted by atomic mass is 16.2. The van der Waals surface area contributed by atoms with Crippen molar-refractivity contribution in [2.24, 2.45) is 41.4 Å². The van der Waals surface area contributed by atoms with E-state index in [0.29, 0.717) is 55.0 Å². The summed E-state index contributed by atoms with van der Waals surface area (Å²) in [5.74, 6) is 3.08. The van der Waals surface area contributed by atoms with Gasteiger partial charge in [-0.1, -0.05) is 45.4 Å². The van der Waals surface area contributed by atoms with Gasteiger partial charge in [0.15, 0.2) is 0 Å². The summed E-state index contributed by atoms with van der Waals surface area (Å²) in [6, 6.07) is 0. The number of fused-ring (bicyclic) bond motifs is 5. The van der Waals surface area contributed by atoms with E-state index in [9.17, 15) is 19.2 Å². The fourth-order valence-corrected chi connectivity index (χ4v) is 8.13. The molecule has 5 rings (SSSR count). The second-order valence-corrected chi connectivity index (χ2v) is 11.7. The van der Waals surface area contributed by atoms with Crippen molar-refractivity contribution in [1.82, 2.24) is 9.80 Å². The van der Waals surface area contributed by atoms with Gasteiger partial charge in [0, 0.05) is 37.6 Å². The molecule has 0 aromatic carbocycles. The number of hydrogen-bond donors (Lipinski definition) is 0. The van der Waals surface area contributed by atoms with Crippen LogP contribution >= 0.6 is 0 Å². The van der Waals surface area contributed by atoms with Gasteiger partial charge < -0.3 is 0 Å². The summed E-state index contributed by atoms with van der Waals surface area (Å²) in [6.07, 6.45) is 15.8. The first kappa shape index (κ1) is 23.7. The van der Waals surface area contributed by atoms with Gasteiger partial charge >= 0.3 is 0 Å². The van der Waals surface area contributed by atoms with Crippen molar-refractivity contribution in [3.63, 3.8) is 0 Å². The van der Waals surface area contributed by atoms with Crippen LogP contribution in [0.15, 0.2) is 12.2 Å². The van der Waals surface area contributed by atoms with E-state index in [1.54, 1.807) is 4.90 Å². The Hall–Kier alpha value is -1.98. The summed E-state index contributed by atoms with van der Waals surface area (Å²) in [4.78, 5) is 52.7. The van der Waals surface area contributed by atoms with Crippen molar-refractivity contribution in [1.29, 1.82) is 0 Å². The third-order valence-electron chi connectivity index (χ3n) is 9.70. The molecule has 7 atom stereocenters. The zero-order valence-corrected chi connectivity index (χ0v) is 20.6. The van der Waals surface area contributed by atoms with Crippen molar-refractivity contribution in [3.05, 3.63) is 12.2 Å². The summed E-state index contributed by atoms with van der Waals surface area (Å²) in [5, 5.41) is 0. The normalized spacial score (nSPS) is 36.6. The lowest BCUT2D eigenvalue weighted by atomic mass is 9.75. The highest BCUT2D eigenvalue weighted by Crippen LogP contribution is 2.62. The first-order valence-electron chi connectivity index (χ1n) is 13.8. The van der Waals surface area contributed by atoms with Gasteiger partial charge in [-0.15, -0.1) is 0 Å². The molecule has 0 aromatic rings. The molecule has 0 N–H and O–H groups in total. The summed E-state index contributed by atoms with van der Waals surface area (Å²) >= 11 is 0. The van der Waals surface area contributed by atoms with E-state index in [0.717, 1.165) is 32.1 Å². The van der Waals surface area contributed by atoms with E-state index in [1.165, 1.54) is 55.6 Å². The Bertz CT molecular complexity index is 848. The van der Waals surface area contributed by atoms with E-state index in [4.69, 9.17) is 0 Å². The number of carbonyl (C=O) groups excluding carboxylic acids is 4. The SMILES string of the molecule is CCCCCCCCC1CC(=O)N(CC2CC3C4CC(CN5C(=O)C=CC5=O)C(C4)C3C2)C1=O. The van der Waals surface area contributed by atoms with Crippen molar-refractivity contribution >= 4 is 23.6 Å². The molecule has 6 nitrogen and oxygen atoms in total. The number of hydrogen-bond acceptors (Lipinski definition) is 4. The van der Waals surface area contributed by atoms with Crippen LogP contribution in [0.25, 0.3) is 0 Å². The van der Waals surface area contributed by atoms with Gasteiger partial charge in [-0.05, 0) is 67.6 Å². The third-order valence-corrected chi connectivity index (χ3v) is 9.70. The quantitative estimate of drug-likeness (QED) is 0.334. The lowest BCUT2D eigenvalue weighted by molar-refractivity contribution is -0.140. The van der Waals surface area contributed by atoms with E-state index in [1.807, 2.05) is 0 Å². The number of unbranched alkanes of at least 4 members (excludes halogenated alkanes) is 5. The number of amides is 4. The Labute approximate surface area is 203 Å². The fourth-order valence-electron chi connectivity index (χ4n) is 8.13. The first-order valence-corrected chi connectivity index (χ1v) is 13.8. The van der Waals surface area contributed by atoms with Crippen molar-refractivity contribution in [2.75, 3.05) is 13.1 Å². The lowest BCUT2D eigenvalue weighted by Crippen LogP contribution is -2.38. The molecule has 7 unspecified atom stereocenters. The summed E-state index contributed by atoms with van der Waals surface area (Å²) in [6.45, 7) is 3.38. The first-order chi connectivity index (χ1) is 16.5. The maximum atomic E-state index is 13.0. The Balaban J connectivity index is 1.10. The molecule has 0 spiro atoms. The van der Waals surface area contributed by atoms with Crippen LogP contribution in [-0.2, 0) is 19.2 Å². The van der Waals surface area contributed by atoms with Crippen molar-refractivity contribution in [2.45, 2.75) is 84.0 Å². The zero-order valence-electron chi connectivity index (χ0n) is 20.6. The molecule has 0 radical (unpaired) electrons. The van der Waals surface area contributed by atoms with Gasteiger partial charge in [-0.25, -0.2) is 0 Å². The van der Waals surface area contributed by atoms with Crippen LogP contribution in [0.3, 0.4) is 0 Å². The maximum Gasteiger partial charge on any atom is 0.253 e. The Morgan fingerprint density at radius 1 is 0.765 bits per heavy atom. The molecular weight excluding hydrogens is 428 g/mol. The van der Waals surface area contributed by atoms with Crippen LogP contribution < -0.4 is 0 Å². The summed E-state index contributed by atoms with van der Waals surface area (Å²) in [5.41, 5.74) is 0. The van der Waals surface area contributed by atoms with Gasteiger partial charge in [0.2, 0.25) is 11.8 Å². The van der Waals surface area contributed by atoms with Crippen molar-refractivity contribution < 1.29 is 19.2 Å². The number of likely N-dealkylation sites (tertiary alicyclic amines) is 1. The molecule has 6 heteroatoms. The smallest absolute Gasteiger partial charge is 0.253 e. The molecule has 1 saturated heterocycles. The monoisotopic (exact) mass is 468 g/mol. The topological polar surface area (TPSA) is 74.8 Å². The highest BCUT2D eigenvalue weighted by molar-refractivity contribution is 6.12. The molecule has 3 aliphatic carbocycles. The molecule has 2 heterocycles. The molecule has 186 valence electrons. The van der Waals surface area contributed by atoms with Gasteiger partial charge in [-0.2, -0.15) is 0 Å². The van der Waals surface area contributed by atoms with E-state index >= 15 is 0 Å². The Morgan fingerprint density at radius 2 is 1.47 bits per heavy atom. The predicted octanol–water partition coefficient (Wildman–Crippen LogP) is 4.34. The third kappa shape index (κ3) is 4.49. The molecule has 4 fully saturated rings.